The lowest BCUT2D eigenvalue weighted by Crippen LogP contribution is -2.45. The second kappa shape index (κ2) is 7.65. The third kappa shape index (κ3) is 4.59. The van der Waals surface area contributed by atoms with Crippen LogP contribution in [0.25, 0.3) is 0 Å². The van der Waals surface area contributed by atoms with Crippen LogP contribution < -0.4 is 5.32 Å². The molecule has 0 amide bonds. The molecular weight excluding hydrogens is 296 g/mol. The first kappa shape index (κ1) is 16.1. The summed E-state index contributed by atoms with van der Waals surface area (Å²) in [6, 6.07) is 0.415. The highest BCUT2D eigenvalue weighted by atomic mass is 16.5. The first-order chi connectivity index (χ1) is 11.2. The smallest absolute Gasteiger partial charge is 0.240 e. The van der Waals surface area contributed by atoms with Crippen LogP contribution in [0.4, 0.5) is 0 Å². The average molecular weight is 320 g/mol. The van der Waals surface area contributed by atoms with Crippen LogP contribution in [-0.2, 0) is 19.5 Å². The van der Waals surface area contributed by atoms with Crippen molar-refractivity contribution in [2.45, 2.75) is 58.7 Å². The van der Waals surface area contributed by atoms with E-state index < -0.39 is 0 Å². The first-order valence-electron chi connectivity index (χ1n) is 8.29. The van der Waals surface area contributed by atoms with Crippen molar-refractivity contribution in [1.29, 1.82) is 0 Å². The van der Waals surface area contributed by atoms with Crippen molar-refractivity contribution in [3.63, 3.8) is 0 Å². The lowest BCUT2D eigenvalue weighted by atomic mass is 10.1. The third-order valence-corrected chi connectivity index (χ3v) is 3.97. The highest BCUT2D eigenvalue weighted by Gasteiger charge is 2.21. The van der Waals surface area contributed by atoms with E-state index in [1.54, 1.807) is 0 Å². The molecular formula is C15H24N6O2. The van der Waals surface area contributed by atoms with Gasteiger partial charge in [0.1, 0.15) is 0 Å². The predicted molar refractivity (Wildman–Crippen MR) is 82.5 cm³/mol. The SMILES string of the molecule is CCCc1noc(CN[C@H]2CCCN(Cc3noc(C)n3)C2)n1. The van der Waals surface area contributed by atoms with Gasteiger partial charge in [-0.15, -0.1) is 0 Å². The zero-order valence-corrected chi connectivity index (χ0v) is 13.8. The minimum atomic E-state index is 0.415. The number of piperidine rings is 1. The molecule has 0 aromatic carbocycles. The molecule has 0 saturated carbocycles. The molecule has 0 spiro atoms. The molecule has 1 aliphatic heterocycles. The van der Waals surface area contributed by atoms with Crippen molar-refractivity contribution in [2.75, 3.05) is 13.1 Å². The largest absolute Gasteiger partial charge is 0.340 e. The van der Waals surface area contributed by atoms with Gasteiger partial charge in [0, 0.05) is 25.9 Å². The fourth-order valence-corrected chi connectivity index (χ4v) is 2.89. The monoisotopic (exact) mass is 320 g/mol. The quantitative estimate of drug-likeness (QED) is 0.819. The Morgan fingerprint density at radius 3 is 2.87 bits per heavy atom. The summed E-state index contributed by atoms with van der Waals surface area (Å²) in [5, 5.41) is 11.5. The molecule has 2 aromatic heterocycles. The molecule has 3 rings (SSSR count). The van der Waals surface area contributed by atoms with Crippen molar-refractivity contribution in [3.8, 4) is 0 Å². The molecule has 23 heavy (non-hydrogen) atoms. The molecule has 1 atom stereocenters. The highest BCUT2D eigenvalue weighted by Crippen LogP contribution is 2.13. The van der Waals surface area contributed by atoms with Crippen LogP contribution in [0.5, 0.6) is 0 Å². The van der Waals surface area contributed by atoms with Crippen molar-refractivity contribution >= 4 is 0 Å². The molecule has 1 saturated heterocycles. The van der Waals surface area contributed by atoms with Crippen LogP contribution in [-0.4, -0.2) is 44.3 Å². The van der Waals surface area contributed by atoms with Gasteiger partial charge < -0.3 is 14.4 Å². The lowest BCUT2D eigenvalue weighted by molar-refractivity contribution is 0.174. The molecule has 8 nitrogen and oxygen atoms in total. The zero-order chi connectivity index (χ0) is 16.1. The summed E-state index contributed by atoms with van der Waals surface area (Å²) in [6.45, 7) is 7.30. The van der Waals surface area contributed by atoms with E-state index in [4.69, 9.17) is 9.05 Å². The van der Waals surface area contributed by atoms with Gasteiger partial charge in [-0.05, 0) is 25.8 Å². The highest BCUT2D eigenvalue weighted by molar-refractivity contribution is 4.89. The summed E-state index contributed by atoms with van der Waals surface area (Å²) in [5.41, 5.74) is 0. The van der Waals surface area contributed by atoms with Crippen LogP contribution in [0.1, 0.15) is 49.6 Å². The second-order valence-electron chi connectivity index (χ2n) is 6.04. The van der Waals surface area contributed by atoms with Gasteiger partial charge in [-0.2, -0.15) is 9.97 Å². The molecule has 1 fully saturated rings. The second-order valence-corrected chi connectivity index (χ2v) is 6.04. The van der Waals surface area contributed by atoms with E-state index in [0.717, 1.165) is 57.0 Å². The van der Waals surface area contributed by atoms with E-state index in [0.29, 0.717) is 24.4 Å². The fourth-order valence-electron chi connectivity index (χ4n) is 2.89. The number of likely N-dealkylation sites (tertiary alicyclic amines) is 1. The van der Waals surface area contributed by atoms with E-state index in [9.17, 15) is 0 Å². The van der Waals surface area contributed by atoms with Gasteiger partial charge in [0.05, 0.1) is 13.1 Å². The van der Waals surface area contributed by atoms with Gasteiger partial charge in [-0.3, -0.25) is 4.90 Å². The maximum absolute atomic E-state index is 5.26. The lowest BCUT2D eigenvalue weighted by Gasteiger charge is -2.32. The molecule has 0 bridgehead atoms. The summed E-state index contributed by atoms with van der Waals surface area (Å²) in [4.78, 5) is 11.0. The Morgan fingerprint density at radius 1 is 1.22 bits per heavy atom. The third-order valence-electron chi connectivity index (χ3n) is 3.97. The van der Waals surface area contributed by atoms with Crippen LogP contribution in [0.3, 0.4) is 0 Å². The Morgan fingerprint density at radius 2 is 2.09 bits per heavy atom. The van der Waals surface area contributed by atoms with Crippen LogP contribution in [0.2, 0.25) is 0 Å². The van der Waals surface area contributed by atoms with E-state index in [2.05, 4.69) is 37.4 Å². The number of rotatable bonds is 7. The Hall–Kier alpha value is -1.80. The molecule has 2 aromatic rings. The van der Waals surface area contributed by atoms with Crippen molar-refractivity contribution in [2.24, 2.45) is 0 Å². The van der Waals surface area contributed by atoms with Gasteiger partial charge in [0.2, 0.25) is 11.8 Å². The molecule has 8 heteroatoms. The first-order valence-corrected chi connectivity index (χ1v) is 8.29. The summed E-state index contributed by atoms with van der Waals surface area (Å²) in [7, 11) is 0. The molecule has 0 aliphatic carbocycles. The number of aryl methyl sites for hydroxylation is 2. The van der Waals surface area contributed by atoms with E-state index in [1.165, 1.54) is 0 Å². The van der Waals surface area contributed by atoms with Crippen LogP contribution in [0.15, 0.2) is 9.05 Å². The molecule has 1 aliphatic rings. The van der Waals surface area contributed by atoms with E-state index in [1.807, 2.05) is 6.92 Å². The Bertz CT molecular complexity index is 611. The summed E-state index contributed by atoms with van der Waals surface area (Å²) in [5.74, 6) is 2.83. The fraction of sp³-hybridized carbons (Fsp3) is 0.733. The molecule has 1 N–H and O–H groups in total. The topological polar surface area (TPSA) is 93.1 Å². The zero-order valence-electron chi connectivity index (χ0n) is 13.8. The number of nitrogens with zero attached hydrogens (tertiary/aromatic N) is 5. The number of nitrogens with one attached hydrogen (secondary N) is 1. The minimum Gasteiger partial charge on any atom is -0.340 e. The number of aromatic nitrogens is 4. The number of hydrogen-bond acceptors (Lipinski definition) is 8. The van der Waals surface area contributed by atoms with Crippen molar-refractivity contribution in [3.05, 3.63) is 23.4 Å². The van der Waals surface area contributed by atoms with Gasteiger partial charge in [-0.1, -0.05) is 17.2 Å². The van der Waals surface area contributed by atoms with Gasteiger partial charge in [0.25, 0.3) is 0 Å². The Labute approximate surface area is 135 Å². The Kier molecular flexibility index (Phi) is 5.35. The van der Waals surface area contributed by atoms with Gasteiger partial charge in [-0.25, -0.2) is 0 Å². The molecule has 3 heterocycles. The van der Waals surface area contributed by atoms with Gasteiger partial charge in [0.15, 0.2) is 11.6 Å². The molecule has 126 valence electrons. The molecule has 0 radical (unpaired) electrons. The summed E-state index contributed by atoms with van der Waals surface area (Å²) in [6.07, 6.45) is 4.20. The summed E-state index contributed by atoms with van der Waals surface area (Å²) < 4.78 is 10.3. The van der Waals surface area contributed by atoms with E-state index in [-0.39, 0.29) is 0 Å². The van der Waals surface area contributed by atoms with E-state index >= 15 is 0 Å². The Balaban J connectivity index is 1.46. The maximum atomic E-state index is 5.26. The average Bonchev–Trinajstić information content (AvgIpc) is 3.15. The van der Waals surface area contributed by atoms with Gasteiger partial charge >= 0.3 is 0 Å². The molecule has 0 unspecified atom stereocenters. The van der Waals surface area contributed by atoms with Crippen molar-refractivity contribution < 1.29 is 9.05 Å². The van der Waals surface area contributed by atoms with Crippen LogP contribution >= 0.6 is 0 Å². The number of hydrogen-bond donors (Lipinski definition) is 1. The maximum Gasteiger partial charge on any atom is 0.240 e. The van der Waals surface area contributed by atoms with Crippen LogP contribution in [0, 0.1) is 6.92 Å². The predicted octanol–water partition coefficient (Wildman–Crippen LogP) is 1.47. The summed E-state index contributed by atoms with van der Waals surface area (Å²) >= 11 is 0. The minimum absolute atomic E-state index is 0.415. The normalized spacial score (nSPS) is 19.3. The standard InChI is InChI=1S/C15H24N6O2/c1-3-5-13-18-15(23-19-13)8-16-12-6-4-7-21(9-12)10-14-17-11(2)22-20-14/h12,16H,3-10H2,1-2H3/t12-/m0/s1. The van der Waals surface area contributed by atoms with Crippen molar-refractivity contribution in [1.82, 2.24) is 30.5 Å².